The van der Waals surface area contributed by atoms with E-state index >= 15 is 0 Å². The van der Waals surface area contributed by atoms with Crippen LogP contribution >= 0.6 is 0 Å². The molecule has 0 saturated carbocycles. The van der Waals surface area contributed by atoms with Crippen molar-refractivity contribution in [1.29, 1.82) is 0 Å². The third-order valence-electron chi connectivity index (χ3n) is 3.81. The van der Waals surface area contributed by atoms with Gasteiger partial charge in [0.1, 0.15) is 0 Å². The predicted molar refractivity (Wildman–Crippen MR) is 79.2 cm³/mol. The van der Waals surface area contributed by atoms with Crippen LogP contribution in [0, 0.1) is 5.92 Å². The topological polar surface area (TPSA) is 58.4 Å². The molecule has 1 atom stereocenters. The van der Waals surface area contributed by atoms with E-state index < -0.39 is 0 Å². The summed E-state index contributed by atoms with van der Waals surface area (Å²) in [5, 5.41) is 3.20. The molecule has 0 bridgehead atoms. The number of nitrogens with one attached hydrogen (secondary N) is 1. The second kappa shape index (κ2) is 6.06. The van der Waals surface area contributed by atoms with Gasteiger partial charge in [0.25, 0.3) is 0 Å². The third kappa shape index (κ3) is 3.07. The van der Waals surface area contributed by atoms with E-state index in [0.717, 1.165) is 37.3 Å². The Balaban J connectivity index is 2.22. The van der Waals surface area contributed by atoms with Crippen molar-refractivity contribution in [2.45, 2.75) is 26.2 Å². The van der Waals surface area contributed by atoms with E-state index in [4.69, 9.17) is 5.73 Å². The first-order chi connectivity index (χ1) is 9.15. The Morgan fingerprint density at radius 3 is 2.89 bits per heavy atom. The summed E-state index contributed by atoms with van der Waals surface area (Å²) in [5.41, 5.74) is 8.83. The highest BCUT2D eigenvalue weighted by atomic mass is 16.2. The zero-order chi connectivity index (χ0) is 13.8. The van der Waals surface area contributed by atoms with Gasteiger partial charge in [-0.3, -0.25) is 4.79 Å². The maximum absolute atomic E-state index is 12.2. The van der Waals surface area contributed by atoms with E-state index in [9.17, 15) is 4.79 Å². The van der Waals surface area contributed by atoms with Crippen LogP contribution in [0.3, 0.4) is 0 Å². The number of rotatable bonds is 5. The number of fused-ring (bicyclic) bond motifs is 1. The van der Waals surface area contributed by atoms with Crippen molar-refractivity contribution in [3.8, 4) is 0 Å². The van der Waals surface area contributed by atoms with Crippen molar-refractivity contribution in [3.05, 3.63) is 23.8 Å². The molecule has 1 amide bonds. The monoisotopic (exact) mass is 261 g/mol. The molecule has 104 valence electrons. The van der Waals surface area contributed by atoms with Crippen molar-refractivity contribution < 1.29 is 4.79 Å². The number of aryl methyl sites for hydroxylation is 1. The highest BCUT2D eigenvalue weighted by Crippen LogP contribution is 2.30. The van der Waals surface area contributed by atoms with Gasteiger partial charge in [0, 0.05) is 24.3 Å². The van der Waals surface area contributed by atoms with Crippen LogP contribution < -0.4 is 16.0 Å². The second-order valence-electron chi connectivity index (χ2n) is 5.22. The normalized spacial score (nSPS) is 16.3. The van der Waals surface area contributed by atoms with E-state index in [1.165, 1.54) is 5.56 Å². The van der Waals surface area contributed by atoms with Crippen LogP contribution in [0.2, 0.25) is 0 Å². The van der Waals surface area contributed by atoms with Gasteiger partial charge in [-0.2, -0.15) is 0 Å². The van der Waals surface area contributed by atoms with E-state index in [1.54, 1.807) is 0 Å². The molecule has 4 nitrogen and oxygen atoms in total. The smallest absolute Gasteiger partial charge is 0.227 e. The fourth-order valence-electron chi connectivity index (χ4n) is 2.66. The number of hydrogen-bond acceptors (Lipinski definition) is 3. The largest absolute Gasteiger partial charge is 0.399 e. The van der Waals surface area contributed by atoms with Gasteiger partial charge in [-0.15, -0.1) is 0 Å². The molecule has 0 aliphatic carbocycles. The second-order valence-corrected chi connectivity index (χ2v) is 5.22. The van der Waals surface area contributed by atoms with Crippen LogP contribution in [0.15, 0.2) is 18.2 Å². The number of nitrogens with zero attached hydrogens (tertiary/aromatic N) is 1. The Bertz CT molecular complexity index is 459. The molecule has 0 radical (unpaired) electrons. The average Bonchev–Trinajstić information content (AvgIpc) is 2.41. The lowest BCUT2D eigenvalue weighted by Crippen LogP contribution is -2.40. The number of hydrogen-bond donors (Lipinski definition) is 2. The first kappa shape index (κ1) is 13.9. The van der Waals surface area contributed by atoms with Crippen molar-refractivity contribution in [3.63, 3.8) is 0 Å². The van der Waals surface area contributed by atoms with Crippen molar-refractivity contribution in [2.24, 2.45) is 5.92 Å². The summed E-state index contributed by atoms with van der Waals surface area (Å²) < 4.78 is 0. The molecular weight excluding hydrogens is 238 g/mol. The molecule has 1 aromatic carbocycles. The Labute approximate surface area is 115 Å². The molecule has 2 rings (SSSR count). The number of amides is 1. The Hall–Kier alpha value is -1.55. The predicted octanol–water partition coefficient (Wildman–Crippen LogP) is 1.79. The van der Waals surface area contributed by atoms with Gasteiger partial charge in [0.05, 0.1) is 0 Å². The third-order valence-corrected chi connectivity index (χ3v) is 3.81. The van der Waals surface area contributed by atoms with Gasteiger partial charge in [-0.25, -0.2) is 0 Å². The SMILES string of the molecule is CCC(CNC)CN1C(=O)CCc2cc(N)ccc21. The first-order valence-electron chi connectivity index (χ1n) is 6.99. The lowest BCUT2D eigenvalue weighted by atomic mass is 9.98. The Morgan fingerprint density at radius 2 is 2.21 bits per heavy atom. The van der Waals surface area contributed by atoms with Crippen LogP contribution in [0.5, 0.6) is 0 Å². The van der Waals surface area contributed by atoms with Gasteiger partial charge in [-0.1, -0.05) is 13.3 Å². The molecule has 1 aliphatic rings. The fourth-order valence-corrected chi connectivity index (χ4v) is 2.66. The van der Waals surface area contributed by atoms with Gasteiger partial charge in [0.15, 0.2) is 0 Å². The lowest BCUT2D eigenvalue weighted by Gasteiger charge is -2.32. The van der Waals surface area contributed by atoms with Gasteiger partial charge >= 0.3 is 0 Å². The standard InChI is InChI=1S/C15H23N3O/c1-3-11(9-17-2)10-18-14-6-5-13(16)8-12(14)4-7-15(18)19/h5-6,8,11,17H,3-4,7,9-10,16H2,1-2H3. The van der Waals surface area contributed by atoms with Crippen LogP contribution in [0.25, 0.3) is 0 Å². The summed E-state index contributed by atoms with van der Waals surface area (Å²) in [6, 6.07) is 5.85. The summed E-state index contributed by atoms with van der Waals surface area (Å²) in [5.74, 6) is 0.712. The van der Waals surface area contributed by atoms with E-state index in [0.29, 0.717) is 12.3 Å². The maximum Gasteiger partial charge on any atom is 0.227 e. The van der Waals surface area contributed by atoms with Crippen LogP contribution in [-0.4, -0.2) is 26.0 Å². The molecule has 0 spiro atoms. The average molecular weight is 261 g/mol. The van der Waals surface area contributed by atoms with Crippen LogP contribution in [0.1, 0.15) is 25.3 Å². The minimum Gasteiger partial charge on any atom is -0.399 e. The summed E-state index contributed by atoms with van der Waals surface area (Å²) in [6.45, 7) is 3.89. The fraction of sp³-hybridized carbons (Fsp3) is 0.533. The minimum absolute atomic E-state index is 0.229. The zero-order valence-corrected chi connectivity index (χ0v) is 11.8. The lowest BCUT2D eigenvalue weighted by molar-refractivity contribution is -0.119. The quantitative estimate of drug-likeness (QED) is 0.795. The molecule has 1 unspecified atom stereocenters. The molecule has 4 heteroatoms. The number of carbonyl (C=O) groups is 1. The summed E-state index contributed by atoms with van der Waals surface area (Å²) in [7, 11) is 1.95. The number of carbonyl (C=O) groups excluding carboxylic acids is 1. The molecule has 0 saturated heterocycles. The minimum atomic E-state index is 0.229. The zero-order valence-electron chi connectivity index (χ0n) is 11.8. The number of nitrogen functional groups attached to an aromatic ring is 1. The summed E-state index contributed by atoms with van der Waals surface area (Å²) in [4.78, 5) is 14.1. The van der Waals surface area contributed by atoms with E-state index in [2.05, 4.69) is 12.2 Å². The van der Waals surface area contributed by atoms with Gasteiger partial charge in [-0.05, 0) is 49.7 Å². The molecule has 1 aromatic rings. The number of nitrogens with two attached hydrogens (primary N) is 1. The molecule has 0 fully saturated rings. The van der Waals surface area contributed by atoms with Crippen LogP contribution in [-0.2, 0) is 11.2 Å². The van der Waals surface area contributed by atoms with E-state index in [-0.39, 0.29) is 5.91 Å². The highest BCUT2D eigenvalue weighted by Gasteiger charge is 2.25. The van der Waals surface area contributed by atoms with Crippen molar-refractivity contribution >= 4 is 17.3 Å². The summed E-state index contributed by atoms with van der Waals surface area (Å²) in [6.07, 6.45) is 2.46. The Kier molecular flexibility index (Phi) is 4.43. The molecule has 1 heterocycles. The molecular formula is C15H23N3O. The molecule has 1 aliphatic heterocycles. The maximum atomic E-state index is 12.2. The summed E-state index contributed by atoms with van der Waals surface area (Å²) >= 11 is 0. The van der Waals surface area contributed by atoms with Crippen molar-refractivity contribution in [2.75, 3.05) is 30.8 Å². The van der Waals surface area contributed by atoms with Gasteiger partial charge in [0.2, 0.25) is 5.91 Å². The number of benzene rings is 1. The molecule has 0 aromatic heterocycles. The van der Waals surface area contributed by atoms with Crippen LogP contribution in [0.4, 0.5) is 11.4 Å². The van der Waals surface area contributed by atoms with Crippen molar-refractivity contribution in [1.82, 2.24) is 5.32 Å². The molecule has 3 N–H and O–H groups in total. The van der Waals surface area contributed by atoms with Gasteiger partial charge < -0.3 is 16.0 Å². The number of anilines is 2. The highest BCUT2D eigenvalue weighted by molar-refractivity contribution is 5.96. The first-order valence-corrected chi connectivity index (χ1v) is 6.99. The Morgan fingerprint density at radius 1 is 1.42 bits per heavy atom. The van der Waals surface area contributed by atoms with E-state index in [1.807, 2.05) is 30.1 Å². The molecule has 19 heavy (non-hydrogen) atoms.